The third kappa shape index (κ3) is 3.60. The van der Waals surface area contributed by atoms with E-state index >= 15 is 0 Å². The van der Waals surface area contributed by atoms with Gasteiger partial charge in [0.15, 0.2) is 0 Å². The van der Waals surface area contributed by atoms with Crippen molar-refractivity contribution in [2.24, 2.45) is 0 Å². The fraction of sp³-hybridized carbons (Fsp3) is 0.692. The van der Waals surface area contributed by atoms with E-state index in [2.05, 4.69) is 4.72 Å². The molecule has 7 heteroatoms. The Morgan fingerprint density at radius 2 is 1.90 bits per heavy atom. The van der Waals surface area contributed by atoms with Crippen LogP contribution in [0.1, 0.15) is 38.3 Å². The van der Waals surface area contributed by atoms with Crippen LogP contribution in [0.3, 0.4) is 0 Å². The molecule has 0 spiro atoms. The minimum Gasteiger partial charge on any atom is -0.465 e. The van der Waals surface area contributed by atoms with Crippen molar-refractivity contribution in [3.8, 4) is 0 Å². The van der Waals surface area contributed by atoms with Gasteiger partial charge in [0.2, 0.25) is 0 Å². The van der Waals surface area contributed by atoms with Crippen molar-refractivity contribution in [1.82, 2.24) is 9.03 Å². The van der Waals surface area contributed by atoms with E-state index in [-0.39, 0.29) is 12.2 Å². The highest BCUT2D eigenvalue weighted by Gasteiger charge is 2.32. The summed E-state index contributed by atoms with van der Waals surface area (Å²) in [6, 6.07) is 3.20. The van der Waals surface area contributed by atoms with E-state index in [9.17, 15) is 8.42 Å². The van der Waals surface area contributed by atoms with Crippen LogP contribution in [-0.2, 0) is 14.9 Å². The summed E-state index contributed by atoms with van der Waals surface area (Å²) in [6.45, 7) is 8.07. The SMILES string of the molecule is Cc1ccc([C@H](C)NS(=O)(=O)N2C[C@@H](C)O[C@@H](C)C2)o1. The van der Waals surface area contributed by atoms with Crippen molar-refractivity contribution in [1.29, 1.82) is 0 Å². The molecule has 1 aliphatic rings. The van der Waals surface area contributed by atoms with Gasteiger partial charge in [0, 0.05) is 13.1 Å². The first-order valence-electron chi connectivity index (χ1n) is 6.77. The van der Waals surface area contributed by atoms with E-state index in [1.54, 1.807) is 13.0 Å². The van der Waals surface area contributed by atoms with Crippen LogP contribution in [-0.4, -0.2) is 38.0 Å². The Hall–Kier alpha value is -0.890. The Bertz CT molecular complexity index is 544. The lowest BCUT2D eigenvalue weighted by Crippen LogP contribution is -2.52. The summed E-state index contributed by atoms with van der Waals surface area (Å²) in [6.07, 6.45) is -0.201. The van der Waals surface area contributed by atoms with Gasteiger partial charge in [-0.25, -0.2) is 0 Å². The zero-order valence-corrected chi connectivity index (χ0v) is 13.1. The first-order chi connectivity index (χ1) is 9.28. The molecule has 2 heterocycles. The van der Waals surface area contributed by atoms with Gasteiger partial charge < -0.3 is 9.15 Å². The predicted molar refractivity (Wildman–Crippen MR) is 75.5 cm³/mol. The minimum atomic E-state index is -3.54. The maximum Gasteiger partial charge on any atom is 0.280 e. The molecule has 0 unspecified atom stereocenters. The lowest BCUT2D eigenvalue weighted by molar-refractivity contribution is -0.0444. The molecule has 0 radical (unpaired) electrons. The summed E-state index contributed by atoms with van der Waals surface area (Å²) in [7, 11) is -3.54. The van der Waals surface area contributed by atoms with Crippen LogP contribution in [0.5, 0.6) is 0 Å². The molecule has 3 atom stereocenters. The first kappa shape index (κ1) is 15.5. The molecule has 1 aromatic rings. The first-order valence-corrected chi connectivity index (χ1v) is 8.21. The zero-order valence-electron chi connectivity index (χ0n) is 12.3. The molecule has 1 aromatic heterocycles. The van der Waals surface area contributed by atoms with Gasteiger partial charge in [0.1, 0.15) is 11.5 Å². The zero-order chi connectivity index (χ0) is 14.9. The molecule has 20 heavy (non-hydrogen) atoms. The summed E-state index contributed by atoms with van der Waals surface area (Å²) in [5.74, 6) is 1.38. The van der Waals surface area contributed by atoms with Crippen LogP contribution in [0.4, 0.5) is 0 Å². The summed E-state index contributed by atoms with van der Waals surface area (Å²) >= 11 is 0. The molecule has 6 nitrogen and oxygen atoms in total. The molecule has 0 bridgehead atoms. The number of nitrogens with one attached hydrogen (secondary N) is 1. The van der Waals surface area contributed by atoms with Gasteiger partial charge in [-0.1, -0.05) is 0 Å². The standard InChI is InChI=1S/C13H22N2O4S/c1-9-5-6-13(19-9)12(4)14-20(16,17)15-7-10(2)18-11(3)8-15/h5-6,10-12,14H,7-8H2,1-4H3/t10-,11+,12-/m0/s1. The van der Waals surface area contributed by atoms with Gasteiger partial charge in [-0.15, -0.1) is 0 Å². The Morgan fingerprint density at radius 3 is 2.40 bits per heavy atom. The van der Waals surface area contributed by atoms with E-state index < -0.39 is 16.3 Å². The monoisotopic (exact) mass is 302 g/mol. The number of hydrogen-bond acceptors (Lipinski definition) is 4. The third-order valence-electron chi connectivity index (χ3n) is 3.24. The molecular formula is C13H22N2O4S. The lowest BCUT2D eigenvalue weighted by atomic mass is 10.3. The van der Waals surface area contributed by atoms with Crippen LogP contribution in [0.2, 0.25) is 0 Å². The van der Waals surface area contributed by atoms with Crippen LogP contribution >= 0.6 is 0 Å². The number of nitrogens with zero attached hydrogens (tertiary/aromatic N) is 1. The molecule has 1 fully saturated rings. The molecule has 1 N–H and O–H groups in total. The van der Waals surface area contributed by atoms with E-state index in [0.29, 0.717) is 18.8 Å². The fourth-order valence-corrected chi connectivity index (χ4v) is 3.89. The Kier molecular flexibility index (Phi) is 4.53. The van der Waals surface area contributed by atoms with E-state index in [1.807, 2.05) is 26.8 Å². The number of hydrogen-bond donors (Lipinski definition) is 1. The van der Waals surface area contributed by atoms with Gasteiger partial charge in [-0.3, -0.25) is 0 Å². The molecule has 0 amide bonds. The predicted octanol–water partition coefficient (Wildman–Crippen LogP) is 1.59. The Morgan fingerprint density at radius 1 is 1.30 bits per heavy atom. The minimum absolute atomic E-state index is 0.100. The largest absolute Gasteiger partial charge is 0.465 e. The highest BCUT2D eigenvalue weighted by Crippen LogP contribution is 2.19. The summed E-state index contributed by atoms with van der Waals surface area (Å²) < 4.78 is 39.8. The number of rotatable bonds is 4. The van der Waals surface area contributed by atoms with E-state index in [1.165, 1.54) is 4.31 Å². The summed E-state index contributed by atoms with van der Waals surface area (Å²) in [5.41, 5.74) is 0. The average molecular weight is 302 g/mol. The van der Waals surface area contributed by atoms with Crippen molar-refractivity contribution in [2.75, 3.05) is 13.1 Å². The normalized spacial score (nSPS) is 26.6. The molecular weight excluding hydrogens is 280 g/mol. The molecule has 114 valence electrons. The molecule has 1 saturated heterocycles. The summed E-state index contributed by atoms with van der Waals surface area (Å²) in [4.78, 5) is 0. The van der Waals surface area contributed by atoms with Crippen LogP contribution in [0.25, 0.3) is 0 Å². The van der Waals surface area contributed by atoms with Crippen molar-refractivity contribution < 1.29 is 17.6 Å². The Labute approximate surface area is 120 Å². The molecule has 1 aliphatic heterocycles. The number of ether oxygens (including phenoxy) is 1. The molecule has 0 aliphatic carbocycles. The van der Waals surface area contributed by atoms with E-state index in [4.69, 9.17) is 9.15 Å². The summed E-state index contributed by atoms with van der Waals surface area (Å²) in [5, 5.41) is 0. The van der Waals surface area contributed by atoms with Gasteiger partial charge >= 0.3 is 0 Å². The van der Waals surface area contributed by atoms with Gasteiger partial charge in [0.05, 0.1) is 18.2 Å². The van der Waals surface area contributed by atoms with Crippen LogP contribution in [0.15, 0.2) is 16.5 Å². The maximum atomic E-state index is 12.4. The lowest BCUT2D eigenvalue weighted by Gasteiger charge is -2.34. The van der Waals surface area contributed by atoms with Crippen molar-refractivity contribution in [2.45, 2.75) is 45.9 Å². The van der Waals surface area contributed by atoms with Crippen LogP contribution < -0.4 is 4.72 Å². The van der Waals surface area contributed by atoms with Crippen molar-refractivity contribution in [3.05, 3.63) is 23.7 Å². The van der Waals surface area contributed by atoms with Crippen molar-refractivity contribution >= 4 is 10.2 Å². The smallest absolute Gasteiger partial charge is 0.280 e. The highest BCUT2D eigenvalue weighted by molar-refractivity contribution is 7.87. The van der Waals surface area contributed by atoms with Gasteiger partial charge in [-0.2, -0.15) is 17.4 Å². The van der Waals surface area contributed by atoms with Crippen LogP contribution in [0, 0.1) is 6.92 Å². The highest BCUT2D eigenvalue weighted by atomic mass is 32.2. The second-order valence-electron chi connectivity index (χ2n) is 5.37. The molecule has 0 aromatic carbocycles. The topological polar surface area (TPSA) is 71.8 Å². The molecule has 0 saturated carbocycles. The molecule has 2 rings (SSSR count). The third-order valence-corrected chi connectivity index (χ3v) is 4.87. The number of furan rings is 1. The second-order valence-corrected chi connectivity index (χ2v) is 7.07. The fourth-order valence-electron chi connectivity index (χ4n) is 2.37. The second kappa shape index (κ2) is 5.85. The Balaban J connectivity index is 2.07. The van der Waals surface area contributed by atoms with Gasteiger partial charge in [-0.05, 0) is 39.8 Å². The van der Waals surface area contributed by atoms with Crippen molar-refractivity contribution in [3.63, 3.8) is 0 Å². The van der Waals surface area contributed by atoms with Gasteiger partial charge in [0.25, 0.3) is 10.2 Å². The average Bonchev–Trinajstić information content (AvgIpc) is 2.74. The number of morpholine rings is 1. The quantitative estimate of drug-likeness (QED) is 0.917. The number of aryl methyl sites for hydroxylation is 1. The van der Waals surface area contributed by atoms with E-state index in [0.717, 1.165) is 5.76 Å². The maximum absolute atomic E-state index is 12.4.